The van der Waals surface area contributed by atoms with Crippen LogP contribution in [0.1, 0.15) is 6.92 Å². The zero-order chi connectivity index (χ0) is 13.7. The Bertz CT molecular complexity index is 562. The first kappa shape index (κ1) is 13.4. The highest BCUT2D eigenvalue weighted by Gasteiger charge is 2.05. The van der Waals surface area contributed by atoms with Gasteiger partial charge in [-0.25, -0.2) is 4.98 Å². The Balaban J connectivity index is 2.25. The Morgan fingerprint density at radius 2 is 2.16 bits per heavy atom. The third-order valence-corrected chi connectivity index (χ3v) is 2.65. The van der Waals surface area contributed by atoms with Gasteiger partial charge >= 0.3 is 0 Å². The minimum atomic E-state index is 0.577. The van der Waals surface area contributed by atoms with E-state index in [1.54, 1.807) is 37.6 Å². The van der Waals surface area contributed by atoms with Crippen LogP contribution in [-0.4, -0.2) is 23.6 Å². The van der Waals surface area contributed by atoms with Gasteiger partial charge in [-0.15, -0.1) is 0 Å². The van der Waals surface area contributed by atoms with Crippen molar-refractivity contribution in [2.75, 3.05) is 24.3 Å². The fourth-order valence-corrected chi connectivity index (χ4v) is 1.76. The lowest BCUT2D eigenvalue weighted by Crippen LogP contribution is -2.04. The fourth-order valence-electron chi connectivity index (χ4n) is 1.59. The van der Waals surface area contributed by atoms with Gasteiger partial charge in [-0.05, 0) is 31.2 Å². The number of rotatable bonds is 5. The topological polar surface area (TPSA) is 59.1 Å². The molecule has 5 nitrogen and oxygen atoms in total. The highest BCUT2D eigenvalue weighted by Crippen LogP contribution is 2.29. The molecule has 2 N–H and O–H groups in total. The number of hydrogen-bond acceptors (Lipinski definition) is 5. The van der Waals surface area contributed by atoms with E-state index in [2.05, 4.69) is 20.6 Å². The zero-order valence-corrected chi connectivity index (χ0v) is 11.5. The number of hydrogen-bond donors (Lipinski definition) is 2. The van der Waals surface area contributed by atoms with Gasteiger partial charge in [0.15, 0.2) is 0 Å². The Hall–Kier alpha value is -2.01. The predicted octanol–water partition coefficient (Wildman–Crippen LogP) is 3.31. The van der Waals surface area contributed by atoms with E-state index in [-0.39, 0.29) is 0 Å². The van der Waals surface area contributed by atoms with Gasteiger partial charge in [0.1, 0.15) is 11.6 Å². The average molecular weight is 279 g/mol. The fraction of sp³-hybridized carbons (Fsp3) is 0.231. The summed E-state index contributed by atoms with van der Waals surface area (Å²) in [6.45, 7) is 2.76. The monoisotopic (exact) mass is 278 g/mol. The zero-order valence-electron chi connectivity index (χ0n) is 10.8. The summed E-state index contributed by atoms with van der Waals surface area (Å²) in [5, 5.41) is 6.85. The first-order valence-corrected chi connectivity index (χ1v) is 6.28. The molecule has 0 saturated carbocycles. The molecule has 0 spiro atoms. The van der Waals surface area contributed by atoms with Gasteiger partial charge in [0.2, 0.25) is 5.95 Å². The summed E-state index contributed by atoms with van der Waals surface area (Å²) in [5.41, 5.74) is 0.760. The molecule has 0 bridgehead atoms. The van der Waals surface area contributed by atoms with E-state index in [1.165, 1.54) is 0 Å². The molecule has 0 atom stereocenters. The maximum atomic E-state index is 5.98. The van der Waals surface area contributed by atoms with Crippen LogP contribution in [-0.2, 0) is 0 Å². The molecular formula is C13H15ClN4O. The van der Waals surface area contributed by atoms with Gasteiger partial charge < -0.3 is 15.4 Å². The van der Waals surface area contributed by atoms with E-state index >= 15 is 0 Å². The van der Waals surface area contributed by atoms with E-state index in [4.69, 9.17) is 16.3 Å². The lowest BCUT2D eigenvalue weighted by atomic mass is 10.3. The SMILES string of the molecule is CCNc1nccc(Nc2cc(Cl)ccc2OC)n1. The van der Waals surface area contributed by atoms with Gasteiger partial charge in [-0.1, -0.05) is 11.6 Å². The summed E-state index contributed by atoms with van der Waals surface area (Å²) in [4.78, 5) is 8.44. The average Bonchev–Trinajstić information content (AvgIpc) is 2.40. The molecule has 0 unspecified atom stereocenters. The van der Waals surface area contributed by atoms with Crippen LogP contribution in [0.4, 0.5) is 17.5 Å². The van der Waals surface area contributed by atoms with Crippen molar-refractivity contribution in [3.05, 3.63) is 35.5 Å². The largest absolute Gasteiger partial charge is 0.495 e. The van der Waals surface area contributed by atoms with Crippen LogP contribution < -0.4 is 15.4 Å². The standard InChI is InChI=1S/C13H15ClN4O/c1-3-15-13-16-7-6-12(18-13)17-10-8-9(14)4-5-11(10)19-2/h4-8H,3H2,1-2H3,(H2,15,16,17,18). The second-order valence-electron chi connectivity index (χ2n) is 3.77. The number of ether oxygens (including phenoxy) is 1. The second kappa shape index (κ2) is 6.24. The van der Waals surface area contributed by atoms with E-state index in [0.717, 1.165) is 12.2 Å². The second-order valence-corrected chi connectivity index (χ2v) is 4.20. The lowest BCUT2D eigenvalue weighted by molar-refractivity contribution is 0.417. The van der Waals surface area contributed by atoms with Crippen LogP contribution in [0.2, 0.25) is 5.02 Å². The number of anilines is 3. The van der Waals surface area contributed by atoms with E-state index < -0.39 is 0 Å². The Kier molecular flexibility index (Phi) is 4.41. The summed E-state index contributed by atoms with van der Waals surface area (Å²) in [5.74, 6) is 1.95. The minimum Gasteiger partial charge on any atom is -0.495 e. The molecule has 0 aliphatic heterocycles. The molecule has 0 fully saturated rings. The van der Waals surface area contributed by atoms with Gasteiger partial charge in [-0.2, -0.15) is 4.98 Å². The third-order valence-electron chi connectivity index (χ3n) is 2.41. The van der Waals surface area contributed by atoms with Crippen molar-refractivity contribution in [1.82, 2.24) is 9.97 Å². The molecular weight excluding hydrogens is 264 g/mol. The molecule has 1 heterocycles. The van der Waals surface area contributed by atoms with Gasteiger partial charge in [0.05, 0.1) is 12.8 Å². The predicted molar refractivity (Wildman–Crippen MR) is 77.5 cm³/mol. The molecule has 0 radical (unpaired) electrons. The Morgan fingerprint density at radius 3 is 2.89 bits per heavy atom. The quantitative estimate of drug-likeness (QED) is 0.879. The number of nitrogens with one attached hydrogen (secondary N) is 2. The van der Waals surface area contributed by atoms with E-state index in [0.29, 0.717) is 22.5 Å². The van der Waals surface area contributed by atoms with E-state index in [1.807, 2.05) is 6.92 Å². The Labute approximate surface area is 117 Å². The maximum absolute atomic E-state index is 5.98. The first-order valence-electron chi connectivity index (χ1n) is 5.90. The molecule has 0 amide bonds. The van der Waals surface area contributed by atoms with Crippen molar-refractivity contribution in [3.63, 3.8) is 0 Å². The molecule has 100 valence electrons. The highest BCUT2D eigenvalue weighted by molar-refractivity contribution is 6.31. The van der Waals surface area contributed by atoms with Crippen molar-refractivity contribution in [2.45, 2.75) is 6.92 Å². The molecule has 19 heavy (non-hydrogen) atoms. The number of aromatic nitrogens is 2. The summed E-state index contributed by atoms with van der Waals surface area (Å²) in [6.07, 6.45) is 1.68. The van der Waals surface area contributed by atoms with Crippen LogP contribution >= 0.6 is 11.6 Å². The molecule has 2 rings (SSSR count). The molecule has 1 aromatic carbocycles. The summed E-state index contributed by atoms with van der Waals surface area (Å²) < 4.78 is 5.27. The normalized spacial score (nSPS) is 10.1. The van der Waals surface area contributed by atoms with E-state index in [9.17, 15) is 0 Å². The van der Waals surface area contributed by atoms with Crippen LogP contribution in [0, 0.1) is 0 Å². The van der Waals surface area contributed by atoms with Crippen molar-refractivity contribution >= 4 is 29.1 Å². The van der Waals surface area contributed by atoms with Crippen molar-refractivity contribution < 1.29 is 4.74 Å². The van der Waals surface area contributed by atoms with Gasteiger partial charge in [-0.3, -0.25) is 0 Å². The van der Waals surface area contributed by atoms with Crippen LogP contribution in [0.3, 0.4) is 0 Å². The molecule has 0 aliphatic rings. The molecule has 1 aromatic heterocycles. The minimum absolute atomic E-state index is 0.577. The third kappa shape index (κ3) is 3.48. The van der Waals surface area contributed by atoms with Crippen molar-refractivity contribution in [1.29, 1.82) is 0 Å². The smallest absolute Gasteiger partial charge is 0.224 e. The summed E-state index contributed by atoms with van der Waals surface area (Å²) >= 11 is 5.98. The molecule has 0 aliphatic carbocycles. The van der Waals surface area contributed by atoms with Crippen LogP contribution in [0.25, 0.3) is 0 Å². The van der Waals surface area contributed by atoms with Crippen LogP contribution in [0.15, 0.2) is 30.5 Å². The number of nitrogens with zero attached hydrogens (tertiary/aromatic N) is 2. The number of benzene rings is 1. The summed E-state index contributed by atoms with van der Waals surface area (Å²) in [6, 6.07) is 7.14. The molecule has 0 saturated heterocycles. The van der Waals surface area contributed by atoms with Gasteiger partial charge in [0.25, 0.3) is 0 Å². The Morgan fingerprint density at radius 1 is 1.32 bits per heavy atom. The summed E-state index contributed by atoms with van der Waals surface area (Å²) in [7, 11) is 1.61. The molecule has 2 aromatic rings. The lowest BCUT2D eigenvalue weighted by Gasteiger charge is -2.11. The highest BCUT2D eigenvalue weighted by atomic mass is 35.5. The maximum Gasteiger partial charge on any atom is 0.224 e. The first-order chi connectivity index (χ1) is 9.22. The number of halogens is 1. The molecule has 6 heteroatoms. The van der Waals surface area contributed by atoms with Crippen molar-refractivity contribution in [3.8, 4) is 5.75 Å². The van der Waals surface area contributed by atoms with Crippen LogP contribution in [0.5, 0.6) is 5.75 Å². The van der Waals surface area contributed by atoms with Gasteiger partial charge in [0, 0.05) is 17.8 Å². The van der Waals surface area contributed by atoms with Crippen molar-refractivity contribution in [2.24, 2.45) is 0 Å². The number of methoxy groups -OCH3 is 1.